The molecular weight excluding hydrogens is 449 g/mol. The van der Waals surface area contributed by atoms with Gasteiger partial charge < -0.3 is 20.1 Å². The van der Waals surface area contributed by atoms with Gasteiger partial charge in [0.15, 0.2) is 0 Å². The van der Waals surface area contributed by atoms with E-state index in [1.165, 1.54) is 6.92 Å². The number of carbonyl (C=O) groups is 3. The van der Waals surface area contributed by atoms with Crippen LogP contribution < -0.4 is 10.6 Å². The molecule has 2 aromatic rings. The maximum absolute atomic E-state index is 14.2. The quantitative estimate of drug-likeness (QED) is 0.440. The molecule has 1 heterocycles. The zero-order valence-electron chi connectivity index (χ0n) is 17.9. The van der Waals surface area contributed by atoms with E-state index in [1.54, 1.807) is 49.5 Å². The van der Waals surface area contributed by atoms with Crippen LogP contribution in [0.4, 0.5) is 18.2 Å². The summed E-state index contributed by atoms with van der Waals surface area (Å²) in [5.74, 6) is -3.70. The van der Waals surface area contributed by atoms with Crippen LogP contribution >= 0.6 is 11.3 Å². The lowest BCUT2D eigenvalue weighted by Crippen LogP contribution is -2.69. The van der Waals surface area contributed by atoms with E-state index in [9.17, 15) is 27.6 Å². The summed E-state index contributed by atoms with van der Waals surface area (Å²) in [4.78, 5) is 37.5. The molecule has 1 amide bonds. The fraction of sp³-hybridized carbons (Fsp3) is 0.381. The second kappa shape index (κ2) is 10.0. The SMILES string of the molecule is CCOC(=O)c1c(N[C@@](NC(=O)CC)(C(=O)OC)C(F)(F)F)sc(-c2ccccc2)c1C. The van der Waals surface area contributed by atoms with Crippen molar-refractivity contribution in [3.8, 4) is 10.4 Å². The van der Waals surface area contributed by atoms with Crippen molar-refractivity contribution in [2.75, 3.05) is 19.0 Å². The minimum Gasteiger partial charge on any atom is -0.466 e. The zero-order valence-corrected chi connectivity index (χ0v) is 18.7. The molecule has 2 N–H and O–H groups in total. The second-order valence-electron chi connectivity index (χ2n) is 6.61. The van der Waals surface area contributed by atoms with Crippen LogP contribution in [0.5, 0.6) is 0 Å². The molecule has 0 aliphatic carbocycles. The molecule has 2 rings (SSSR count). The highest BCUT2D eigenvalue weighted by atomic mass is 32.1. The van der Waals surface area contributed by atoms with Gasteiger partial charge in [-0.25, -0.2) is 9.59 Å². The smallest absolute Gasteiger partial charge is 0.441 e. The third-order valence-electron chi connectivity index (χ3n) is 4.53. The van der Waals surface area contributed by atoms with Gasteiger partial charge in [-0.1, -0.05) is 37.3 Å². The number of rotatable bonds is 8. The lowest BCUT2D eigenvalue weighted by molar-refractivity contribution is -0.206. The van der Waals surface area contributed by atoms with E-state index < -0.39 is 29.7 Å². The number of anilines is 1. The van der Waals surface area contributed by atoms with E-state index >= 15 is 0 Å². The molecule has 0 bridgehead atoms. The van der Waals surface area contributed by atoms with Crippen molar-refractivity contribution < 1.29 is 37.0 Å². The molecule has 0 radical (unpaired) electrons. The van der Waals surface area contributed by atoms with Crippen molar-refractivity contribution in [1.29, 1.82) is 0 Å². The van der Waals surface area contributed by atoms with Gasteiger partial charge in [0.2, 0.25) is 5.91 Å². The molecule has 11 heteroatoms. The summed E-state index contributed by atoms with van der Waals surface area (Å²) in [5.41, 5.74) is -2.76. The fourth-order valence-corrected chi connectivity index (χ4v) is 4.18. The third-order valence-corrected chi connectivity index (χ3v) is 5.78. The Morgan fingerprint density at radius 2 is 1.72 bits per heavy atom. The van der Waals surface area contributed by atoms with Crippen molar-refractivity contribution in [2.45, 2.75) is 39.0 Å². The summed E-state index contributed by atoms with van der Waals surface area (Å²) in [5, 5.41) is 3.47. The highest BCUT2D eigenvalue weighted by Crippen LogP contribution is 2.43. The predicted octanol–water partition coefficient (Wildman–Crippen LogP) is 4.27. The van der Waals surface area contributed by atoms with Crippen LogP contribution in [0.2, 0.25) is 0 Å². The van der Waals surface area contributed by atoms with E-state index in [-0.39, 0.29) is 23.6 Å². The van der Waals surface area contributed by atoms with Crippen molar-refractivity contribution >= 4 is 34.2 Å². The lowest BCUT2D eigenvalue weighted by Gasteiger charge is -2.34. The monoisotopic (exact) mass is 472 g/mol. The van der Waals surface area contributed by atoms with Gasteiger partial charge in [0, 0.05) is 11.3 Å². The van der Waals surface area contributed by atoms with Crippen LogP contribution in [0.15, 0.2) is 30.3 Å². The molecule has 0 aliphatic rings. The highest BCUT2D eigenvalue weighted by molar-refractivity contribution is 7.20. The standard InChI is InChI=1S/C21H23F3N2O5S/c1-5-14(27)25-20(19(29)30-4,21(22,23)24)26-17-15(18(28)31-6-2)12(3)16(32-17)13-10-8-7-9-11-13/h7-11,26H,5-6H2,1-4H3,(H,25,27)/t20-/m0/s1. The van der Waals surface area contributed by atoms with Crippen LogP contribution in [-0.4, -0.2) is 43.4 Å². The number of hydrogen-bond donors (Lipinski definition) is 2. The largest absolute Gasteiger partial charge is 0.466 e. The molecule has 7 nitrogen and oxygen atoms in total. The molecule has 32 heavy (non-hydrogen) atoms. The number of nitrogens with one attached hydrogen (secondary N) is 2. The first kappa shape index (κ1) is 25.2. The second-order valence-corrected chi connectivity index (χ2v) is 7.63. The van der Waals surface area contributed by atoms with Crippen molar-refractivity contribution in [3.63, 3.8) is 0 Å². The van der Waals surface area contributed by atoms with Gasteiger partial charge in [-0.3, -0.25) is 4.79 Å². The fourth-order valence-electron chi connectivity index (χ4n) is 2.93. The topological polar surface area (TPSA) is 93.7 Å². The van der Waals surface area contributed by atoms with Crippen LogP contribution in [0.1, 0.15) is 36.2 Å². The lowest BCUT2D eigenvalue weighted by atomic mass is 10.1. The molecule has 1 aromatic heterocycles. The minimum absolute atomic E-state index is 0.0117. The molecule has 0 saturated carbocycles. The maximum atomic E-state index is 14.2. The Morgan fingerprint density at radius 3 is 2.22 bits per heavy atom. The first-order valence-corrected chi connectivity index (χ1v) is 10.4. The molecule has 1 aromatic carbocycles. The zero-order chi connectivity index (χ0) is 24.1. The van der Waals surface area contributed by atoms with Crippen LogP contribution in [0.25, 0.3) is 10.4 Å². The van der Waals surface area contributed by atoms with Gasteiger partial charge in [0.05, 0.1) is 19.3 Å². The maximum Gasteiger partial charge on any atom is 0.441 e. The van der Waals surface area contributed by atoms with Crippen molar-refractivity contribution in [1.82, 2.24) is 5.32 Å². The van der Waals surface area contributed by atoms with Crippen molar-refractivity contribution in [2.24, 2.45) is 0 Å². The van der Waals surface area contributed by atoms with E-state index in [0.29, 0.717) is 16.0 Å². The number of methoxy groups -OCH3 is 1. The Balaban J connectivity index is 2.75. The number of ether oxygens (including phenoxy) is 2. The molecule has 1 atom stereocenters. The van der Waals surface area contributed by atoms with Crippen LogP contribution in [0.3, 0.4) is 0 Å². The molecule has 0 spiro atoms. The van der Waals surface area contributed by atoms with Gasteiger partial charge in [-0.05, 0) is 25.0 Å². The Bertz CT molecular complexity index is 991. The minimum atomic E-state index is -5.30. The number of esters is 2. The average Bonchev–Trinajstić information content (AvgIpc) is 3.08. The number of halogens is 3. The Kier molecular flexibility index (Phi) is 7.89. The number of hydrogen-bond acceptors (Lipinski definition) is 7. The molecule has 0 aliphatic heterocycles. The number of amides is 1. The summed E-state index contributed by atoms with van der Waals surface area (Å²) >= 11 is 0.828. The normalized spacial score (nSPS) is 13.1. The van der Waals surface area contributed by atoms with E-state index in [1.807, 2.05) is 0 Å². The first-order valence-electron chi connectivity index (χ1n) is 9.62. The highest BCUT2D eigenvalue weighted by Gasteiger charge is 2.64. The summed E-state index contributed by atoms with van der Waals surface area (Å²) < 4.78 is 52.1. The molecule has 0 saturated heterocycles. The third kappa shape index (κ3) is 4.87. The van der Waals surface area contributed by atoms with Crippen LogP contribution in [-0.2, 0) is 19.1 Å². The Morgan fingerprint density at radius 1 is 1.09 bits per heavy atom. The van der Waals surface area contributed by atoms with Crippen molar-refractivity contribution in [3.05, 3.63) is 41.5 Å². The molecule has 0 unspecified atom stereocenters. The summed E-state index contributed by atoms with van der Waals surface area (Å²) in [7, 11) is 0.768. The number of benzene rings is 1. The van der Waals surface area contributed by atoms with Gasteiger partial charge >= 0.3 is 23.8 Å². The van der Waals surface area contributed by atoms with Gasteiger partial charge in [0.25, 0.3) is 0 Å². The molecule has 174 valence electrons. The summed E-state index contributed by atoms with van der Waals surface area (Å²) in [6.07, 6.45) is -5.62. The van der Waals surface area contributed by atoms with Gasteiger partial charge in [0.1, 0.15) is 5.00 Å². The summed E-state index contributed by atoms with van der Waals surface area (Å²) in [6.45, 7) is 4.44. The Hall–Kier alpha value is -3.08. The molecular formula is C21H23F3N2O5S. The van der Waals surface area contributed by atoms with E-state index in [4.69, 9.17) is 4.74 Å². The Labute approximate surface area is 186 Å². The first-order chi connectivity index (χ1) is 15.0. The summed E-state index contributed by atoms with van der Waals surface area (Å²) in [6, 6.07) is 8.70. The number of carbonyl (C=O) groups excluding carboxylic acids is 3. The van der Waals surface area contributed by atoms with Gasteiger partial charge in [-0.15, -0.1) is 11.3 Å². The predicted molar refractivity (Wildman–Crippen MR) is 113 cm³/mol. The average molecular weight is 472 g/mol. The number of thiophene rings is 1. The van der Waals surface area contributed by atoms with E-state index in [0.717, 1.165) is 18.4 Å². The van der Waals surface area contributed by atoms with E-state index in [2.05, 4.69) is 10.1 Å². The molecule has 0 fully saturated rings. The number of alkyl halides is 3. The van der Waals surface area contributed by atoms with Crippen LogP contribution in [0, 0.1) is 6.92 Å². The van der Waals surface area contributed by atoms with Gasteiger partial charge in [-0.2, -0.15) is 13.2 Å².